The molecular weight excluding hydrogens is 212 g/mol. The lowest BCUT2D eigenvalue weighted by molar-refractivity contribution is -1.01. The van der Waals surface area contributed by atoms with E-state index in [1.54, 1.807) is 6.34 Å². The highest BCUT2D eigenvalue weighted by Gasteiger charge is 2.33. The monoisotopic (exact) mass is 243 g/mol. The van der Waals surface area contributed by atoms with Gasteiger partial charge in [-0.25, -0.2) is 0 Å². The summed E-state index contributed by atoms with van der Waals surface area (Å²) in [5, 5.41) is 0. The minimum atomic E-state index is 1.02. The molecule has 4 nitrogen and oxygen atoms in total. The molecule has 17 heavy (non-hydrogen) atoms. The van der Waals surface area contributed by atoms with Crippen LogP contribution in [0.1, 0.15) is 19.3 Å². The molecule has 0 radical (unpaired) electrons. The van der Waals surface area contributed by atoms with Crippen LogP contribution in [0.3, 0.4) is 0 Å². The highest BCUT2D eigenvalue weighted by Crippen LogP contribution is 2.14. The molecule has 1 rings (SSSR count). The second-order valence-electron chi connectivity index (χ2n) is 6.35. The van der Waals surface area contributed by atoms with Crippen LogP contribution in [0.2, 0.25) is 0 Å². The summed E-state index contributed by atoms with van der Waals surface area (Å²) in [5.74, 6) is 0. The Kier molecular flexibility index (Phi) is 5.40. The first kappa shape index (κ1) is 14.5. The summed E-state index contributed by atoms with van der Waals surface area (Å²) in [4.78, 5) is 3.05. The molecule has 1 fully saturated rings. The zero-order chi connectivity index (χ0) is 12.8. The predicted octanol–water partition coefficient (Wildman–Crippen LogP) is -1.24. The Labute approximate surface area is 106 Å². The van der Waals surface area contributed by atoms with Gasteiger partial charge in [0.1, 0.15) is 26.2 Å². The van der Waals surface area contributed by atoms with Crippen LogP contribution in [0.25, 0.3) is 0 Å². The van der Waals surface area contributed by atoms with E-state index in [1.807, 2.05) is 0 Å². The molecule has 1 aliphatic rings. The minimum absolute atomic E-state index is 1.02. The summed E-state index contributed by atoms with van der Waals surface area (Å²) in [7, 11) is 7.11. The van der Waals surface area contributed by atoms with Crippen LogP contribution in [0.15, 0.2) is 0 Å². The van der Waals surface area contributed by atoms with E-state index in [1.165, 1.54) is 61.0 Å². The number of likely N-dealkylation sites (N-methyl/N-ethyl adjacent to an activating group) is 2. The first-order valence-corrected chi connectivity index (χ1v) is 6.90. The fourth-order valence-electron chi connectivity index (χ4n) is 2.45. The van der Waals surface area contributed by atoms with Gasteiger partial charge in [-0.15, -0.1) is 0 Å². The molecule has 4 heteroatoms. The molecule has 1 saturated heterocycles. The Morgan fingerprint density at radius 2 is 1.65 bits per heavy atom. The van der Waals surface area contributed by atoms with Gasteiger partial charge >= 0.3 is 0 Å². The number of nitrogens with one attached hydrogen (secondary N) is 1. The van der Waals surface area contributed by atoms with Crippen molar-refractivity contribution in [3.63, 3.8) is 0 Å². The first-order valence-electron chi connectivity index (χ1n) is 6.90. The zero-order valence-corrected chi connectivity index (χ0v) is 11.9. The third-order valence-electron chi connectivity index (χ3n) is 4.13. The first-order chi connectivity index (χ1) is 7.97. The molecule has 0 unspecified atom stereocenters. The third kappa shape index (κ3) is 5.50. The average Bonchev–Trinajstić information content (AvgIpc) is 2.28. The molecule has 0 bridgehead atoms. The second-order valence-corrected chi connectivity index (χ2v) is 6.35. The van der Waals surface area contributed by atoms with Crippen LogP contribution in [0, 0.1) is 0 Å². The number of unbranched alkanes of at least 4 members (excludes halogenated alkanes) is 2. The third-order valence-corrected chi connectivity index (χ3v) is 4.13. The van der Waals surface area contributed by atoms with E-state index in [0.717, 1.165) is 6.54 Å². The lowest BCUT2D eigenvalue weighted by Gasteiger charge is -2.44. The molecule has 1 heterocycles. The predicted molar refractivity (Wildman–Crippen MR) is 72.6 cm³/mol. The molecule has 0 amide bonds. The number of piperazine rings is 1. The minimum Gasteiger partial charge on any atom is -0.319 e. The fourth-order valence-corrected chi connectivity index (χ4v) is 2.45. The quantitative estimate of drug-likeness (QED) is 0.261. The van der Waals surface area contributed by atoms with Crippen LogP contribution in [0.4, 0.5) is 0 Å². The van der Waals surface area contributed by atoms with Gasteiger partial charge in [0.15, 0.2) is 0 Å². The van der Waals surface area contributed by atoms with E-state index in [2.05, 4.69) is 26.1 Å². The molecule has 100 valence electrons. The van der Waals surface area contributed by atoms with E-state index in [4.69, 9.17) is 5.73 Å². The molecule has 3 N–H and O–H groups in total. The summed E-state index contributed by atoms with van der Waals surface area (Å²) >= 11 is 0. The van der Waals surface area contributed by atoms with Crippen LogP contribution >= 0.6 is 0 Å². The fraction of sp³-hybridized carbons (Fsp3) is 0.923. The van der Waals surface area contributed by atoms with E-state index >= 15 is 0 Å². The van der Waals surface area contributed by atoms with Crippen molar-refractivity contribution in [2.75, 3.05) is 60.4 Å². The van der Waals surface area contributed by atoms with Gasteiger partial charge in [-0.2, -0.15) is 0 Å². The average molecular weight is 243 g/mol. The largest absolute Gasteiger partial charge is 0.319 e. The van der Waals surface area contributed by atoms with Crippen molar-refractivity contribution in [1.82, 2.24) is 0 Å². The van der Waals surface area contributed by atoms with Crippen molar-refractivity contribution in [3.05, 3.63) is 0 Å². The lowest BCUT2D eigenvalue weighted by atomic mass is 10.1. The smallest absolute Gasteiger partial charge is 0.227 e. The van der Waals surface area contributed by atoms with Crippen molar-refractivity contribution in [2.45, 2.75) is 19.3 Å². The molecule has 0 aromatic heterocycles. The van der Waals surface area contributed by atoms with Crippen LogP contribution in [-0.4, -0.2) is 75.7 Å². The second kappa shape index (κ2) is 6.36. The summed E-state index contributed by atoms with van der Waals surface area (Å²) in [6, 6.07) is 0. The molecular formula is C13H31N4+3. The Bertz CT molecular complexity index is 238. The number of hydrogen-bond acceptors (Lipinski definition) is 0. The van der Waals surface area contributed by atoms with E-state index < -0.39 is 0 Å². The van der Waals surface area contributed by atoms with Gasteiger partial charge in [0, 0.05) is 0 Å². The molecule has 0 spiro atoms. The number of nitrogens with zero attached hydrogens (tertiary/aromatic N) is 2. The molecule has 0 aromatic carbocycles. The zero-order valence-electron chi connectivity index (χ0n) is 11.9. The van der Waals surface area contributed by atoms with E-state index in [9.17, 15) is 0 Å². The van der Waals surface area contributed by atoms with Crippen LogP contribution in [-0.2, 0) is 0 Å². The van der Waals surface area contributed by atoms with Crippen molar-refractivity contribution < 1.29 is 14.0 Å². The van der Waals surface area contributed by atoms with Gasteiger partial charge in [0.2, 0.25) is 6.34 Å². The Morgan fingerprint density at radius 3 is 2.24 bits per heavy atom. The number of hydrogen-bond donors (Lipinski definition) is 2. The van der Waals surface area contributed by atoms with Crippen molar-refractivity contribution in [1.29, 1.82) is 0 Å². The van der Waals surface area contributed by atoms with E-state index in [-0.39, 0.29) is 0 Å². The molecule has 0 aliphatic carbocycles. The maximum Gasteiger partial charge on any atom is 0.227 e. The number of nitrogens with two attached hydrogens (primary N) is 1. The number of rotatable bonds is 6. The molecule has 0 saturated carbocycles. The topological polar surface area (TPSA) is 40.0 Å². The van der Waals surface area contributed by atoms with Crippen LogP contribution < -0.4 is 10.7 Å². The highest BCUT2D eigenvalue weighted by molar-refractivity contribution is 5.42. The maximum atomic E-state index is 5.27. The summed E-state index contributed by atoms with van der Waals surface area (Å²) in [5.41, 5.74) is 5.27. The normalized spacial score (nSPS) is 23.0. The summed E-state index contributed by atoms with van der Waals surface area (Å²) in [6.45, 7) is 7.67. The van der Waals surface area contributed by atoms with Crippen molar-refractivity contribution in [3.8, 4) is 0 Å². The Morgan fingerprint density at radius 1 is 1.00 bits per heavy atom. The van der Waals surface area contributed by atoms with Crippen molar-refractivity contribution in [2.24, 2.45) is 5.73 Å². The summed E-state index contributed by atoms with van der Waals surface area (Å²) in [6.07, 6.45) is 5.43. The van der Waals surface area contributed by atoms with Crippen molar-refractivity contribution >= 4 is 6.34 Å². The highest BCUT2D eigenvalue weighted by atomic mass is 15.4. The van der Waals surface area contributed by atoms with Gasteiger partial charge < -0.3 is 8.97 Å². The maximum absolute atomic E-state index is 5.27. The molecule has 0 aromatic rings. The molecule has 1 aliphatic heterocycles. The number of quaternary nitrogens is 2. The standard InChI is InChI=1S/C13H30N4/c1-16(2)9-11-17(3,12-10-16)8-6-4-5-7-15-13-14/h13H,4-12H2,1-3H3,(H2,14,15)/q+2/p+1. The lowest BCUT2D eigenvalue weighted by Crippen LogP contribution is -2.70. The van der Waals surface area contributed by atoms with E-state index in [0.29, 0.717) is 0 Å². The van der Waals surface area contributed by atoms with Gasteiger partial charge in [-0.3, -0.25) is 10.7 Å². The van der Waals surface area contributed by atoms with Gasteiger partial charge in [0.05, 0.1) is 34.2 Å². The Hall–Kier alpha value is -0.610. The SMILES string of the molecule is C[N+]1(C)CC[N+](C)(CCCCC[NH+]=CN)CC1. The van der Waals surface area contributed by atoms with Gasteiger partial charge in [-0.1, -0.05) is 0 Å². The van der Waals surface area contributed by atoms with Crippen LogP contribution in [0.5, 0.6) is 0 Å². The van der Waals surface area contributed by atoms with Gasteiger partial charge in [0.25, 0.3) is 0 Å². The Balaban J connectivity index is 2.14. The van der Waals surface area contributed by atoms with Gasteiger partial charge in [-0.05, 0) is 19.3 Å². The molecule has 0 atom stereocenters. The summed E-state index contributed by atoms with van der Waals surface area (Å²) < 4.78 is 2.47.